The van der Waals surface area contributed by atoms with Crippen LogP contribution in [0.2, 0.25) is 0 Å². The Balaban J connectivity index is 1.59. The number of ether oxygens (including phenoxy) is 1. The van der Waals surface area contributed by atoms with Crippen LogP contribution < -0.4 is 0 Å². The number of hydrogen-bond donors (Lipinski definition) is 0. The molecule has 40 heavy (non-hydrogen) atoms. The molecule has 0 aliphatic carbocycles. The molecule has 1 atom stereocenters. The second kappa shape index (κ2) is 10.7. The summed E-state index contributed by atoms with van der Waals surface area (Å²) in [6.07, 6.45) is 4.11. The fraction of sp³-hybridized carbons (Fsp3) is 0.143. The molecule has 3 heterocycles. The maximum atomic E-state index is 5.63. The highest BCUT2D eigenvalue weighted by atomic mass is 16.5. The van der Waals surface area contributed by atoms with E-state index in [2.05, 4.69) is 95.3 Å². The number of pyridine rings is 1. The van der Waals surface area contributed by atoms with E-state index in [9.17, 15) is 0 Å². The molecule has 5 nitrogen and oxygen atoms in total. The minimum absolute atomic E-state index is 0.115. The third kappa shape index (κ3) is 4.60. The van der Waals surface area contributed by atoms with Crippen LogP contribution in [0.1, 0.15) is 41.2 Å². The molecule has 3 aromatic carbocycles. The molecule has 1 unspecified atom stereocenters. The highest BCUT2D eigenvalue weighted by Gasteiger charge is 2.23. The summed E-state index contributed by atoms with van der Waals surface area (Å²) in [6, 6.07) is 31.5. The molecule has 0 fully saturated rings. The summed E-state index contributed by atoms with van der Waals surface area (Å²) >= 11 is 0. The van der Waals surface area contributed by atoms with Crippen LogP contribution in [0, 0.1) is 13.8 Å². The van der Waals surface area contributed by atoms with Crippen LogP contribution in [0.3, 0.4) is 0 Å². The maximum Gasteiger partial charge on any atom is 0.141 e. The van der Waals surface area contributed by atoms with Gasteiger partial charge in [0.1, 0.15) is 17.6 Å². The molecular weight excluding hydrogens is 494 g/mol. The summed E-state index contributed by atoms with van der Waals surface area (Å²) in [5, 5.41) is 5.36. The Labute approximate surface area is 234 Å². The van der Waals surface area contributed by atoms with Crippen LogP contribution in [0.15, 0.2) is 114 Å². The van der Waals surface area contributed by atoms with E-state index >= 15 is 0 Å². The van der Waals surface area contributed by atoms with Gasteiger partial charge >= 0.3 is 0 Å². The lowest BCUT2D eigenvalue weighted by Crippen LogP contribution is -2.12. The maximum absolute atomic E-state index is 5.63. The van der Waals surface area contributed by atoms with Crippen LogP contribution >= 0.6 is 0 Å². The molecule has 0 saturated carbocycles. The van der Waals surface area contributed by atoms with Crippen molar-refractivity contribution in [3.8, 4) is 22.3 Å². The summed E-state index contributed by atoms with van der Waals surface area (Å²) in [5.41, 5.74) is 9.47. The molecule has 3 aromatic heterocycles. The Hall–Kier alpha value is -4.90. The van der Waals surface area contributed by atoms with Crippen molar-refractivity contribution in [1.82, 2.24) is 14.7 Å². The molecule has 6 rings (SSSR count). The number of benzene rings is 3. The van der Waals surface area contributed by atoms with Gasteiger partial charge in [-0.15, -0.1) is 0 Å². The quantitative estimate of drug-likeness (QED) is 0.187. The van der Waals surface area contributed by atoms with Crippen molar-refractivity contribution in [1.29, 1.82) is 0 Å². The van der Waals surface area contributed by atoms with Crippen molar-refractivity contribution in [2.24, 2.45) is 0 Å². The van der Waals surface area contributed by atoms with Crippen molar-refractivity contribution >= 4 is 16.7 Å². The van der Waals surface area contributed by atoms with Gasteiger partial charge in [-0.25, -0.2) is 0 Å². The van der Waals surface area contributed by atoms with Gasteiger partial charge < -0.3 is 13.8 Å². The number of fused-ring (bicyclic) bond motifs is 1. The molecule has 0 amide bonds. The van der Waals surface area contributed by atoms with Crippen LogP contribution in [-0.4, -0.2) is 21.3 Å². The van der Waals surface area contributed by atoms with E-state index in [4.69, 9.17) is 14.2 Å². The van der Waals surface area contributed by atoms with E-state index in [1.807, 2.05) is 45.2 Å². The van der Waals surface area contributed by atoms with Crippen LogP contribution in [-0.2, 0) is 4.74 Å². The minimum Gasteiger partial charge on any atom is -0.494 e. The predicted molar refractivity (Wildman–Crippen MR) is 161 cm³/mol. The molecule has 0 saturated heterocycles. The minimum atomic E-state index is -0.115. The summed E-state index contributed by atoms with van der Waals surface area (Å²) in [6.45, 7) is 10.6. The van der Waals surface area contributed by atoms with Crippen LogP contribution in [0.4, 0.5) is 0 Å². The van der Waals surface area contributed by atoms with E-state index in [0.717, 1.165) is 61.4 Å². The highest BCUT2D eigenvalue weighted by molar-refractivity contribution is 5.98. The lowest BCUT2D eigenvalue weighted by molar-refractivity contribution is 0.299. The van der Waals surface area contributed by atoms with Gasteiger partial charge in [0.05, 0.1) is 23.5 Å². The molecular formula is C35H31N3O2. The van der Waals surface area contributed by atoms with E-state index in [1.54, 1.807) is 0 Å². The molecule has 0 aliphatic heterocycles. The normalized spacial score (nSPS) is 12.0. The lowest BCUT2D eigenvalue weighted by Gasteiger charge is -2.21. The Morgan fingerprint density at radius 2 is 1.68 bits per heavy atom. The molecule has 0 radical (unpaired) electrons. The summed E-state index contributed by atoms with van der Waals surface area (Å²) in [7, 11) is 0. The molecule has 5 heteroatoms. The molecule has 0 spiro atoms. The van der Waals surface area contributed by atoms with Crippen molar-refractivity contribution in [2.75, 3.05) is 6.61 Å². The van der Waals surface area contributed by atoms with Gasteiger partial charge in [-0.2, -0.15) is 0 Å². The van der Waals surface area contributed by atoms with E-state index in [1.165, 1.54) is 0 Å². The molecule has 0 aliphatic rings. The monoisotopic (exact) mass is 525 g/mol. The average Bonchev–Trinajstić information content (AvgIpc) is 3.53. The zero-order valence-electron chi connectivity index (χ0n) is 23.0. The number of aryl methyl sites for hydroxylation is 2. The van der Waals surface area contributed by atoms with Gasteiger partial charge in [0.15, 0.2) is 0 Å². The molecule has 0 N–H and O–H groups in total. The Bertz CT molecular complexity index is 1720. The van der Waals surface area contributed by atoms with Crippen molar-refractivity contribution < 1.29 is 9.26 Å². The second-order valence-corrected chi connectivity index (χ2v) is 9.88. The Kier molecular flexibility index (Phi) is 6.79. The first-order chi connectivity index (χ1) is 19.5. The topological polar surface area (TPSA) is 53.1 Å². The average molecular weight is 526 g/mol. The fourth-order valence-electron chi connectivity index (χ4n) is 5.49. The summed E-state index contributed by atoms with van der Waals surface area (Å²) in [5.74, 6) is 1.49. The second-order valence-electron chi connectivity index (χ2n) is 9.88. The molecule has 6 aromatic rings. The summed E-state index contributed by atoms with van der Waals surface area (Å²) in [4.78, 5) is 4.80. The first-order valence-electron chi connectivity index (χ1n) is 13.5. The van der Waals surface area contributed by atoms with Gasteiger partial charge in [-0.1, -0.05) is 84.5 Å². The van der Waals surface area contributed by atoms with Gasteiger partial charge in [0, 0.05) is 34.5 Å². The Morgan fingerprint density at radius 1 is 0.925 bits per heavy atom. The third-order valence-corrected chi connectivity index (χ3v) is 7.35. The number of hydrogen-bond acceptors (Lipinski definition) is 4. The molecule has 198 valence electrons. The van der Waals surface area contributed by atoms with Crippen molar-refractivity contribution in [3.63, 3.8) is 0 Å². The number of aromatic nitrogens is 3. The van der Waals surface area contributed by atoms with E-state index < -0.39 is 0 Å². The predicted octanol–water partition coefficient (Wildman–Crippen LogP) is 8.62. The standard InChI is InChI=1S/C35H31N3O2/c1-5-39-24(3)26-14-16-27(17-15-26)31-22-38(35(28-11-7-6-8-12-28)32-13-9-10-20-36-32)33-21-29(18-19-30(31)33)34-23(2)37-40-25(34)4/h6-22,35H,3,5H2,1-2,4H3. The van der Waals surface area contributed by atoms with Crippen molar-refractivity contribution in [2.45, 2.75) is 26.8 Å². The van der Waals surface area contributed by atoms with Gasteiger partial charge in [-0.05, 0) is 55.7 Å². The van der Waals surface area contributed by atoms with E-state index in [-0.39, 0.29) is 6.04 Å². The van der Waals surface area contributed by atoms with Gasteiger partial charge in [-0.3, -0.25) is 4.98 Å². The van der Waals surface area contributed by atoms with Gasteiger partial charge in [0.2, 0.25) is 0 Å². The smallest absolute Gasteiger partial charge is 0.141 e. The van der Waals surface area contributed by atoms with Gasteiger partial charge in [0.25, 0.3) is 0 Å². The first-order valence-corrected chi connectivity index (χ1v) is 13.5. The number of nitrogens with zero attached hydrogens (tertiary/aromatic N) is 3. The van der Waals surface area contributed by atoms with Crippen LogP contribution in [0.25, 0.3) is 38.9 Å². The molecule has 0 bridgehead atoms. The summed E-state index contributed by atoms with van der Waals surface area (Å²) < 4.78 is 13.5. The first kappa shape index (κ1) is 25.4. The lowest BCUT2D eigenvalue weighted by atomic mass is 9.99. The van der Waals surface area contributed by atoms with E-state index in [0.29, 0.717) is 12.4 Å². The fourth-order valence-corrected chi connectivity index (χ4v) is 5.49. The highest BCUT2D eigenvalue weighted by Crippen LogP contribution is 2.39. The zero-order valence-corrected chi connectivity index (χ0v) is 23.0. The van der Waals surface area contributed by atoms with Crippen LogP contribution in [0.5, 0.6) is 0 Å². The SMILES string of the molecule is C=C(OCC)c1ccc(-c2cn(C(c3ccccc3)c3ccccn3)c3cc(-c4c(C)noc4C)ccc23)cc1. The van der Waals surface area contributed by atoms with Crippen molar-refractivity contribution in [3.05, 3.63) is 138 Å². The largest absolute Gasteiger partial charge is 0.494 e. The zero-order chi connectivity index (χ0) is 27.6. The third-order valence-electron chi connectivity index (χ3n) is 7.35. The Morgan fingerprint density at radius 3 is 2.35 bits per heavy atom. The number of rotatable bonds is 8.